The lowest BCUT2D eigenvalue weighted by atomic mass is 10.3. The number of sulfonamides is 1. The van der Waals surface area contributed by atoms with Crippen molar-refractivity contribution in [3.63, 3.8) is 0 Å². The van der Waals surface area contributed by atoms with Gasteiger partial charge in [-0.25, -0.2) is 13.1 Å². The van der Waals surface area contributed by atoms with Crippen molar-refractivity contribution < 1.29 is 13.3 Å². The topological polar surface area (TPSA) is 107 Å². The normalized spacial score (nSPS) is 11.4. The first kappa shape index (κ1) is 14.2. The zero-order chi connectivity index (χ0) is 14.8. The molecule has 8 nitrogen and oxygen atoms in total. The predicted molar refractivity (Wildman–Crippen MR) is 70.3 cm³/mol. The second-order valence-corrected chi connectivity index (χ2v) is 5.81. The molecular formula is C11H12N4O4S. The Labute approximate surface area is 115 Å². The van der Waals surface area contributed by atoms with E-state index in [4.69, 9.17) is 0 Å². The molecular weight excluding hydrogens is 284 g/mol. The first-order valence-corrected chi connectivity index (χ1v) is 7.09. The maximum atomic E-state index is 12.1. The molecule has 9 heteroatoms. The van der Waals surface area contributed by atoms with Crippen molar-refractivity contribution in [1.29, 1.82) is 0 Å². The Hall–Kier alpha value is -2.26. The number of nitrogens with zero attached hydrogens (tertiary/aromatic N) is 3. The summed E-state index contributed by atoms with van der Waals surface area (Å²) < 4.78 is 28.0. The Morgan fingerprint density at radius 1 is 1.40 bits per heavy atom. The molecule has 0 amide bonds. The number of aryl methyl sites for hydroxylation is 1. The molecule has 1 aromatic heterocycles. The molecule has 0 aliphatic carbocycles. The van der Waals surface area contributed by atoms with Gasteiger partial charge in [-0.1, -0.05) is 12.1 Å². The molecule has 1 heterocycles. The van der Waals surface area contributed by atoms with Gasteiger partial charge in [-0.15, -0.1) is 0 Å². The summed E-state index contributed by atoms with van der Waals surface area (Å²) in [5, 5.41) is 14.8. The Morgan fingerprint density at radius 2 is 2.10 bits per heavy atom. The highest BCUT2D eigenvalue weighted by molar-refractivity contribution is 7.89. The van der Waals surface area contributed by atoms with Crippen LogP contribution in [0.3, 0.4) is 0 Å². The summed E-state index contributed by atoms with van der Waals surface area (Å²) in [5.41, 5.74) is 0.209. The molecule has 0 radical (unpaired) electrons. The molecule has 0 spiro atoms. The highest BCUT2D eigenvalue weighted by Crippen LogP contribution is 2.22. The van der Waals surface area contributed by atoms with Gasteiger partial charge in [-0.05, 0) is 6.07 Å². The SMILES string of the molecule is Cn1cc(CNS(=O)(=O)c2ccccc2[N+](=O)[O-])cn1. The number of aromatic nitrogens is 2. The molecule has 1 N–H and O–H groups in total. The average Bonchev–Trinajstić information content (AvgIpc) is 2.82. The number of para-hydroxylation sites is 1. The van der Waals surface area contributed by atoms with E-state index < -0.39 is 20.6 Å². The zero-order valence-electron chi connectivity index (χ0n) is 10.6. The zero-order valence-corrected chi connectivity index (χ0v) is 11.4. The quantitative estimate of drug-likeness (QED) is 0.649. The summed E-state index contributed by atoms with van der Waals surface area (Å²) in [6.45, 7) is 0.0161. The summed E-state index contributed by atoms with van der Waals surface area (Å²) in [5.74, 6) is 0. The highest BCUT2D eigenvalue weighted by atomic mass is 32.2. The van der Waals surface area contributed by atoms with E-state index in [0.717, 1.165) is 6.07 Å². The molecule has 2 rings (SSSR count). The van der Waals surface area contributed by atoms with Gasteiger partial charge in [-0.3, -0.25) is 14.8 Å². The van der Waals surface area contributed by atoms with Crippen molar-refractivity contribution in [1.82, 2.24) is 14.5 Å². The summed E-state index contributed by atoms with van der Waals surface area (Å²) in [6, 6.07) is 5.20. The van der Waals surface area contributed by atoms with E-state index in [1.807, 2.05) is 0 Å². The number of nitrogens with one attached hydrogen (secondary N) is 1. The van der Waals surface area contributed by atoms with Gasteiger partial charge in [0.05, 0.1) is 11.1 Å². The smallest absolute Gasteiger partial charge is 0.275 e. The van der Waals surface area contributed by atoms with E-state index >= 15 is 0 Å². The predicted octanol–water partition coefficient (Wildman–Crippen LogP) is 0.807. The second-order valence-electron chi connectivity index (χ2n) is 4.07. The second kappa shape index (κ2) is 5.39. The monoisotopic (exact) mass is 296 g/mol. The summed E-state index contributed by atoms with van der Waals surface area (Å²) in [4.78, 5) is 9.77. The highest BCUT2D eigenvalue weighted by Gasteiger charge is 2.24. The van der Waals surface area contributed by atoms with Crippen molar-refractivity contribution in [2.45, 2.75) is 11.4 Å². The first-order valence-electron chi connectivity index (χ1n) is 5.61. The fourth-order valence-corrected chi connectivity index (χ4v) is 2.84. The van der Waals surface area contributed by atoms with E-state index in [2.05, 4.69) is 9.82 Å². The van der Waals surface area contributed by atoms with Crippen LogP contribution in [-0.2, 0) is 23.6 Å². The maximum Gasteiger partial charge on any atom is 0.289 e. The van der Waals surface area contributed by atoms with Crippen LogP contribution in [-0.4, -0.2) is 23.1 Å². The van der Waals surface area contributed by atoms with Crippen molar-refractivity contribution in [2.24, 2.45) is 7.05 Å². The van der Waals surface area contributed by atoms with Gasteiger partial charge in [0.2, 0.25) is 10.0 Å². The number of hydrogen-bond donors (Lipinski definition) is 1. The lowest BCUT2D eigenvalue weighted by molar-refractivity contribution is -0.387. The first-order chi connectivity index (χ1) is 9.40. The van der Waals surface area contributed by atoms with Crippen LogP contribution < -0.4 is 4.72 Å². The molecule has 20 heavy (non-hydrogen) atoms. The third kappa shape index (κ3) is 3.00. The Balaban J connectivity index is 2.25. The van der Waals surface area contributed by atoms with Gasteiger partial charge in [-0.2, -0.15) is 5.10 Å². The van der Waals surface area contributed by atoms with E-state index in [-0.39, 0.29) is 11.4 Å². The van der Waals surface area contributed by atoms with Crippen LogP contribution >= 0.6 is 0 Å². The molecule has 0 fully saturated rings. The summed E-state index contributed by atoms with van der Waals surface area (Å²) in [7, 11) is -2.25. The summed E-state index contributed by atoms with van der Waals surface area (Å²) >= 11 is 0. The van der Waals surface area contributed by atoms with Gasteiger partial charge >= 0.3 is 0 Å². The minimum Gasteiger partial charge on any atom is -0.275 e. The number of hydrogen-bond acceptors (Lipinski definition) is 5. The molecule has 0 saturated carbocycles. The number of benzene rings is 1. The van der Waals surface area contributed by atoms with E-state index in [9.17, 15) is 18.5 Å². The van der Waals surface area contributed by atoms with E-state index in [1.54, 1.807) is 13.2 Å². The lowest BCUT2D eigenvalue weighted by Gasteiger charge is -2.05. The van der Waals surface area contributed by atoms with Crippen LogP contribution in [0.1, 0.15) is 5.56 Å². The molecule has 0 unspecified atom stereocenters. The van der Waals surface area contributed by atoms with E-state index in [1.165, 1.54) is 29.1 Å². The van der Waals surface area contributed by atoms with Crippen LogP contribution in [0.4, 0.5) is 5.69 Å². The molecule has 0 bridgehead atoms. The fraction of sp³-hybridized carbons (Fsp3) is 0.182. The molecule has 1 aromatic carbocycles. The molecule has 0 atom stereocenters. The molecule has 2 aromatic rings. The van der Waals surface area contributed by atoms with Gasteiger partial charge in [0.1, 0.15) is 0 Å². The fourth-order valence-electron chi connectivity index (χ4n) is 1.65. The maximum absolute atomic E-state index is 12.1. The van der Waals surface area contributed by atoms with Crippen molar-refractivity contribution >= 4 is 15.7 Å². The number of nitro groups is 1. The minimum absolute atomic E-state index is 0.0161. The molecule has 0 aliphatic heterocycles. The Bertz CT molecular complexity index is 738. The third-order valence-electron chi connectivity index (χ3n) is 2.58. The minimum atomic E-state index is -3.95. The molecule has 0 saturated heterocycles. The lowest BCUT2D eigenvalue weighted by Crippen LogP contribution is -2.23. The third-order valence-corrected chi connectivity index (χ3v) is 4.02. The Morgan fingerprint density at radius 3 is 2.70 bits per heavy atom. The Kier molecular flexibility index (Phi) is 3.81. The standard InChI is InChI=1S/C11H12N4O4S/c1-14-8-9(6-12-14)7-13-20(18,19)11-5-3-2-4-10(11)15(16)17/h2-6,8,13H,7H2,1H3. The molecule has 0 aliphatic rings. The van der Waals surface area contributed by atoms with Crippen molar-refractivity contribution in [2.75, 3.05) is 0 Å². The van der Waals surface area contributed by atoms with Gasteiger partial charge in [0.25, 0.3) is 5.69 Å². The average molecular weight is 296 g/mol. The van der Waals surface area contributed by atoms with Gasteiger partial charge in [0.15, 0.2) is 4.90 Å². The number of rotatable bonds is 5. The van der Waals surface area contributed by atoms with Crippen LogP contribution in [0.15, 0.2) is 41.6 Å². The van der Waals surface area contributed by atoms with Crippen LogP contribution in [0.2, 0.25) is 0 Å². The van der Waals surface area contributed by atoms with Crippen molar-refractivity contribution in [3.05, 3.63) is 52.3 Å². The molecule has 106 valence electrons. The van der Waals surface area contributed by atoms with E-state index in [0.29, 0.717) is 5.56 Å². The number of nitro benzene ring substituents is 1. The van der Waals surface area contributed by atoms with Crippen LogP contribution in [0, 0.1) is 10.1 Å². The van der Waals surface area contributed by atoms with Crippen LogP contribution in [0.25, 0.3) is 0 Å². The van der Waals surface area contributed by atoms with Gasteiger partial charge in [0, 0.05) is 31.4 Å². The van der Waals surface area contributed by atoms with Crippen molar-refractivity contribution in [3.8, 4) is 0 Å². The largest absolute Gasteiger partial charge is 0.289 e. The van der Waals surface area contributed by atoms with Crippen LogP contribution in [0.5, 0.6) is 0 Å². The summed E-state index contributed by atoms with van der Waals surface area (Å²) in [6.07, 6.45) is 3.17. The van der Waals surface area contributed by atoms with Gasteiger partial charge < -0.3 is 0 Å².